The molecule has 1 aliphatic rings. The molecule has 9 heteroatoms. The van der Waals surface area contributed by atoms with Crippen molar-refractivity contribution in [2.75, 3.05) is 14.2 Å². The molecule has 1 fully saturated rings. The van der Waals surface area contributed by atoms with E-state index in [-0.39, 0.29) is 23.9 Å². The highest BCUT2D eigenvalue weighted by molar-refractivity contribution is 8.18. The van der Waals surface area contributed by atoms with Crippen molar-refractivity contribution in [3.8, 4) is 11.5 Å². The van der Waals surface area contributed by atoms with Gasteiger partial charge in [-0.3, -0.25) is 9.69 Å². The second-order valence-electron chi connectivity index (χ2n) is 7.55. The van der Waals surface area contributed by atoms with Gasteiger partial charge in [0.2, 0.25) is 0 Å². The quantitative estimate of drug-likeness (QED) is 0.448. The van der Waals surface area contributed by atoms with Crippen molar-refractivity contribution in [1.29, 1.82) is 0 Å². The standard InChI is InChI=1S/C26H21FN2O5S/c1-29-24(30)23(35-26(29)28-20-10-6-18(7-11-20)25(31)32)14-17-5-12-21(22(13-17)33-2)34-15-16-3-8-19(27)9-4-16/h3-14H,15H2,1-2H3,(H,31,32)/b23-14-,28-26?. The molecule has 0 unspecified atom stereocenters. The minimum absolute atomic E-state index is 0.164. The summed E-state index contributed by atoms with van der Waals surface area (Å²) in [6.45, 7) is 0.253. The highest BCUT2D eigenvalue weighted by atomic mass is 32.2. The molecular formula is C26H21FN2O5S. The van der Waals surface area contributed by atoms with Crippen LogP contribution in [0.1, 0.15) is 21.5 Å². The molecule has 178 valence electrons. The summed E-state index contributed by atoms with van der Waals surface area (Å²) < 4.78 is 24.4. The molecule has 1 amide bonds. The number of carbonyl (C=O) groups is 2. The zero-order valence-corrected chi connectivity index (χ0v) is 19.7. The van der Waals surface area contributed by atoms with E-state index in [1.165, 1.54) is 48.0 Å². The first-order valence-corrected chi connectivity index (χ1v) is 11.3. The van der Waals surface area contributed by atoms with Gasteiger partial charge in [-0.15, -0.1) is 0 Å². The summed E-state index contributed by atoms with van der Waals surface area (Å²) in [4.78, 5) is 30.2. The summed E-state index contributed by atoms with van der Waals surface area (Å²) >= 11 is 1.22. The number of nitrogens with zero attached hydrogens (tertiary/aromatic N) is 2. The van der Waals surface area contributed by atoms with E-state index in [1.807, 2.05) is 6.07 Å². The van der Waals surface area contributed by atoms with Crippen LogP contribution >= 0.6 is 11.8 Å². The summed E-state index contributed by atoms with van der Waals surface area (Å²) in [5.41, 5.74) is 2.27. The van der Waals surface area contributed by atoms with E-state index in [0.717, 1.165) is 11.1 Å². The molecule has 1 aliphatic heterocycles. The van der Waals surface area contributed by atoms with Crippen LogP contribution in [0.25, 0.3) is 6.08 Å². The number of hydrogen-bond acceptors (Lipinski definition) is 6. The van der Waals surface area contributed by atoms with E-state index in [4.69, 9.17) is 14.6 Å². The third-order valence-corrected chi connectivity index (χ3v) is 6.20. The van der Waals surface area contributed by atoms with Crippen molar-refractivity contribution in [1.82, 2.24) is 4.90 Å². The fourth-order valence-electron chi connectivity index (χ4n) is 3.23. The Bertz CT molecular complexity index is 1320. The minimum Gasteiger partial charge on any atom is -0.493 e. The first kappa shape index (κ1) is 24.0. The number of aromatic carboxylic acids is 1. The van der Waals surface area contributed by atoms with E-state index in [0.29, 0.717) is 27.3 Å². The number of rotatable bonds is 7. The molecule has 0 radical (unpaired) electrons. The number of halogens is 1. The van der Waals surface area contributed by atoms with E-state index in [9.17, 15) is 14.0 Å². The molecule has 7 nitrogen and oxygen atoms in total. The van der Waals surface area contributed by atoms with Gasteiger partial charge in [-0.25, -0.2) is 14.2 Å². The molecule has 0 bridgehead atoms. The normalized spacial score (nSPS) is 15.6. The number of benzene rings is 3. The largest absolute Gasteiger partial charge is 0.493 e. The lowest BCUT2D eigenvalue weighted by atomic mass is 10.2. The number of carboxylic acid groups (broad SMARTS) is 1. The van der Waals surface area contributed by atoms with Gasteiger partial charge in [0.25, 0.3) is 5.91 Å². The zero-order valence-electron chi connectivity index (χ0n) is 18.9. The van der Waals surface area contributed by atoms with Gasteiger partial charge in [0.05, 0.1) is 23.3 Å². The lowest BCUT2D eigenvalue weighted by Crippen LogP contribution is -2.23. The molecule has 0 atom stereocenters. The molecule has 3 aromatic carbocycles. The van der Waals surface area contributed by atoms with E-state index >= 15 is 0 Å². The molecule has 1 N–H and O–H groups in total. The topological polar surface area (TPSA) is 88.4 Å². The Kier molecular flexibility index (Phi) is 7.17. The zero-order chi connectivity index (χ0) is 24.9. The SMILES string of the molecule is COc1cc(/C=C2\SC(=Nc3ccc(C(=O)O)cc3)N(C)C2=O)ccc1OCc1ccc(F)cc1. The Morgan fingerprint density at radius 1 is 1.09 bits per heavy atom. The van der Waals surface area contributed by atoms with E-state index in [1.54, 1.807) is 49.5 Å². The second-order valence-corrected chi connectivity index (χ2v) is 8.56. The van der Waals surface area contributed by atoms with Gasteiger partial charge in [-0.05, 0) is 77.5 Å². The Morgan fingerprint density at radius 3 is 2.46 bits per heavy atom. The Hall–Kier alpha value is -4.11. The van der Waals surface area contributed by atoms with Crippen LogP contribution in [0.2, 0.25) is 0 Å². The number of amidine groups is 1. The molecule has 3 aromatic rings. The molecular weight excluding hydrogens is 471 g/mol. The molecule has 0 spiro atoms. The van der Waals surface area contributed by atoms with Crippen LogP contribution in [0.4, 0.5) is 10.1 Å². The average molecular weight is 493 g/mol. The van der Waals surface area contributed by atoms with Gasteiger partial charge in [0.1, 0.15) is 12.4 Å². The van der Waals surface area contributed by atoms with Gasteiger partial charge in [0.15, 0.2) is 16.7 Å². The van der Waals surface area contributed by atoms with Crippen molar-refractivity contribution >= 4 is 40.6 Å². The first-order valence-electron chi connectivity index (χ1n) is 10.5. The van der Waals surface area contributed by atoms with Gasteiger partial charge < -0.3 is 14.6 Å². The highest BCUT2D eigenvalue weighted by Gasteiger charge is 2.30. The van der Waals surface area contributed by atoms with Crippen LogP contribution in [0, 0.1) is 5.82 Å². The van der Waals surface area contributed by atoms with Gasteiger partial charge in [-0.2, -0.15) is 0 Å². The number of aliphatic imine (C=N–C) groups is 1. The van der Waals surface area contributed by atoms with E-state index in [2.05, 4.69) is 4.99 Å². The van der Waals surface area contributed by atoms with Crippen LogP contribution in [0.3, 0.4) is 0 Å². The van der Waals surface area contributed by atoms with Crippen LogP contribution in [-0.2, 0) is 11.4 Å². The van der Waals surface area contributed by atoms with E-state index < -0.39 is 5.97 Å². The van der Waals surface area contributed by atoms with Crippen LogP contribution in [0.15, 0.2) is 76.6 Å². The third-order valence-electron chi connectivity index (χ3n) is 5.14. The van der Waals surface area contributed by atoms with Crippen LogP contribution < -0.4 is 9.47 Å². The lowest BCUT2D eigenvalue weighted by molar-refractivity contribution is -0.121. The summed E-state index contributed by atoms with van der Waals surface area (Å²) in [7, 11) is 3.16. The monoisotopic (exact) mass is 492 g/mol. The van der Waals surface area contributed by atoms with Crippen molar-refractivity contribution in [3.05, 3.63) is 94.1 Å². The molecule has 35 heavy (non-hydrogen) atoms. The Morgan fingerprint density at radius 2 is 1.80 bits per heavy atom. The van der Waals surface area contributed by atoms with Crippen molar-refractivity contribution in [2.45, 2.75) is 6.61 Å². The first-order chi connectivity index (χ1) is 16.8. The fourth-order valence-corrected chi connectivity index (χ4v) is 4.21. The summed E-state index contributed by atoms with van der Waals surface area (Å²) in [5.74, 6) is -0.505. The number of carbonyl (C=O) groups excluding carboxylic acids is 1. The summed E-state index contributed by atoms with van der Waals surface area (Å²) in [5, 5.41) is 9.51. The maximum Gasteiger partial charge on any atom is 0.335 e. The number of carboxylic acids is 1. The molecule has 0 aliphatic carbocycles. The molecule has 1 heterocycles. The number of amides is 1. The fraction of sp³-hybridized carbons (Fsp3) is 0.115. The third kappa shape index (κ3) is 5.70. The molecule has 0 aromatic heterocycles. The van der Waals surface area contributed by atoms with Crippen molar-refractivity contribution in [2.24, 2.45) is 4.99 Å². The number of ether oxygens (including phenoxy) is 2. The number of methoxy groups -OCH3 is 1. The van der Waals surface area contributed by atoms with Crippen LogP contribution in [0.5, 0.6) is 11.5 Å². The Balaban J connectivity index is 1.50. The molecule has 4 rings (SSSR count). The van der Waals surface area contributed by atoms with Crippen molar-refractivity contribution < 1.29 is 28.6 Å². The predicted octanol–water partition coefficient (Wildman–Crippen LogP) is 5.35. The lowest BCUT2D eigenvalue weighted by Gasteiger charge is -2.11. The molecule has 0 saturated carbocycles. The number of likely N-dealkylation sites (N-methyl/N-ethyl adjacent to an activating group) is 1. The van der Waals surface area contributed by atoms with Gasteiger partial charge >= 0.3 is 5.97 Å². The highest BCUT2D eigenvalue weighted by Crippen LogP contribution is 2.35. The predicted molar refractivity (Wildman–Crippen MR) is 133 cm³/mol. The molecule has 1 saturated heterocycles. The summed E-state index contributed by atoms with van der Waals surface area (Å²) in [6.07, 6.45) is 1.74. The maximum absolute atomic E-state index is 13.1. The number of thioether (sulfide) groups is 1. The number of hydrogen-bond donors (Lipinski definition) is 1. The van der Waals surface area contributed by atoms with Crippen molar-refractivity contribution in [3.63, 3.8) is 0 Å². The summed E-state index contributed by atoms with van der Waals surface area (Å²) in [6, 6.07) is 17.5. The average Bonchev–Trinajstić information content (AvgIpc) is 3.12. The van der Waals surface area contributed by atoms with Gasteiger partial charge in [-0.1, -0.05) is 18.2 Å². The smallest absolute Gasteiger partial charge is 0.335 e. The maximum atomic E-state index is 13.1. The minimum atomic E-state index is -1.01. The van der Waals surface area contributed by atoms with Gasteiger partial charge in [0, 0.05) is 7.05 Å². The van der Waals surface area contributed by atoms with Crippen LogP contribution in [-0.4, -0.2) is 41.2 Å². The Labute approximate surface area is 205 Å². The second kappa shape index (κ2) is 10.4.